The molecule has 3 aromatic rings. The summed E-state index contributed by atoms with van der Waals surface area (Å²) in [5.74, 6) is 0.196. The topological polar surface area (TPSA) is 53.6 Å². The monoisotopic (exact) mass is 491 g/mol. The molecule has 0 saturated carbocycles. The van der Waals surface area contributed by atoms with Gasteiger partial charge in [-0.25, -0.2) is 4.39 Å². The number of ether oxygens (including phenoxy) is 1. The zero-order valence-corrected chi connectivity index (χ0v) is 21.8. The fourth-order valence-corrected chi connectivity index (χ4v) is 4.33. The van der Waals surface area contributed by atoms with Crippen LogP contribution in [-0.2, 0) is 13.1 Å². The molecule has 0 aromatic heterocycles. The molecular formula is C30H38FN3O2. The van der Waals surface area contributed by atoms with Crippen molar-refractivity contribution in [1.29, 1.82) is 0 Å². The molecule has 1 unspecified atom stereocenters. The van der Waals surface area contributed by atoms with Crippen LogP contribution < -0.4 is 15.4 Å². The van der Waals surface area contributed by atoms with Crippen LogP contribution >= 0.6 is 0 Å². The maximum Gasteiger partial charge on any atom is 0.251 e. The first-order chi connectivity index (χ1) is 17.5. The molecule has 1 amide bonds. The highest BCUT2D eigenvalue weighted by Crippen LogP contribution is 2.26. The number of nitrogens with zero attached hydrogens (tertiary/aromatic N) is 1. The highest BCUT2D eigenvalue weighted by molar-refractivity contribution is 5.94. The summed E-state index contributed by atoms with van der Waals surface area (Å²) in [7, 11) is 0. The average Bonchev–Trinajstić information content (AvgIpc) is 2.90. The smallest absolute Gasteiger partial charge is 0.251 e. The number of halogens is 1. The van der Waals surface area contributed by atoms with Crippen molar-refractivity contribution in [2.75, 3.05) is 26.2 Å². The maximum atomic E-state index is 14.8. The molecule has 6 heteroatoms. The van der Waals surface area contributed by atoms with Crippen LogP contribution in [0.2, 0.25) is 0 Å². The van der Waals surface area contributed by atoms with E-state index in [1.54, 1.807) is 24.3 Å². The van der Waals surface area contributed by atoms with Gasteiger partial charge in [-0.3, -0.25) is 9.69 Å². The Bertz CT molecular complexity index is 1130. The van der Waals surface area contributed by atoms with E-state index in [9.17, 15) is 9.18 Å². The zero-order chi connectivity index (χ0) is 25.9. The summed E-state index contributed by atoms with van der Waals surface area (Å²) >= 11 is 0. The Morgan fingerprint density at radius 2 is 1.89 bits per heavy atom. The molecule has 1 heterocycles. The first kappa shape index (κ1) is 27.4. The minimum Gasteiger partial charge on any atom is -0.494 e. The second-order valence-electron chi connectivity index (χ2n) is 8.75. The summed E-state index contributed by atoms with van der Waals surface area (Å²) in [6.45, 7) is 12.8. The molecule has 4 rings (SSSR count). The standard InChI is InChI=1S/C28H32FN3O2.C2H6/c1-3-34-25-9-5-8-24(16-25)28(33)31-17-21-10-11-27(29)26(15-21)23-7-4-6-22(14-23)19-32-13-12-30-20(2)18-32;1-2/h4-11,14-16,20,30H,3,12-13,17-19H2,1-2H3,(H,31,33);1-2H3. The van der Waals surface area contributed by atoms with Gasteiger partial charge in [0, 0.05) is 49.9 Å². The van der Waals surface area contributed by atoms with E-state index in [1.807, 2.05) is 45.0 Å². The van der Waals surface area contributed by atoms with E-state index in [0.717, 1.165) is 37.3 Å². The predicted molar refractivity (Wildman–Crippen MR) is 145 cm³/mol. The Hall–Kier alpha value is -3.22. The molecule has 0 radical (unpaired) electrons. The Kier molecular flexibility index (Phi) is 10.5. The normalized spacial score (nSPS) is 15.5. The Balaban J connectivity index is 0.00000176. The first-order valence-corrected chi connectivity index (χ1v) is 12.9. The van der Waals surface area contributed by atoms with E-state index in [0.29, 0.717) is 36.1 Å². The number of nitrogens with one attached hydrogen (secondary N) is 2. The lowest BCUT2D eigenvalue weighted by Crippen LogP contribution is -2.48. The van der Waals surface area contributed by atoms with Crippen LogP contribution in [0.1, 0.15) is 49.2 Å². The fraction of sp³-hybridized carbons (Fsp3) is 0.367. The number of benzene rings is 3. The van der Waals surface area contributed by atoms with E-state index >= 15 is 0 Å². The lowest BCUT2D eigenvalue weighted by Gasteiger charge is -2.31. The molecule has 36 heavy (non-hydrogen) atoms. The summed E-state index contributed by atoms with van der Waals surface area (Å²) < 4.78 is 20.2. The Morgan fingerprint density at radius 1 is 1.08 bits per heavy atom. The molecule has 1 atom stereocenters. The lowest BCUT2D eigenvalue weighted by atomic mass is 10.00. The molecule has 1 saturated heterocycles. The van der Waals surface area contributed by atoms with Crippen molar-refractivity contribution in [3.8, 4) is 16.9 Å². The minimum atomic E-state index is -0.271. The van der Waals surface area contributed by atoms with Gasteiger partial charge in [-0.15, -0.1) is 0 Å². The van der Waals surface area contributed by atoms with Gasteiger partial charge in [0.05, 0.1) is 6.61 Å². The Labute approximate surface area is 214 Å². The zero-order valence-electron chi connectivity index (χ0n) is 21.8. The molecule has 0 aliphatic carbocycles. The average molecular weight is 492 g/mol. The van der Waals surface area contributed by atoms with Gasteiger partial charge in [0.25, 0.3) is 5.91 Å². The molecule has 1 aliphatic rings. The van der Waals surface area contributed by atoms with E-state index in [2.05, 4.69) is 34.6 Å². The van der Waals surface area contributed by atoms with Gasteiger partial charge < -0.3 is 15.4 Å². The number of hydrogen-bond acceptors (Lipinski definition) is 4. The number of carbonyl (C=O) groups is 1. The third kappa shape index (κ3) is 7.64. The number of piperazine rings is 1. The van der Waals surface area contributed by atoms with Gasteiger partial charge in [0.2, 0.25) is 0 Å². The summed E-state index contributed by atoms with van der Waals surface area (Å²) in [5, 5.41) is 6.38. The number of hydrogen-bond donors (Lipinski definition) is 2. The van der Waals surface area contributed by atoms with E-state index in [4.69, 9.17) is 4.74 Å². The highest BCUT2D eigenvalue weighted by Gasteiger charge is 2.16. The molecular weight excluding hydrogens is 453 g/mol. The Morgan fingerprint density at radius 3 is 2.67 bits per heavy atom. The van der Waals surface area contributed by atoms with Crippen molar-refractivity contribution in [3.63, 3.8) is 0 Å². The minimum absolute atomic E-state index is 0.195. The fourth-order valence-electron chi connectivity index (χ4n) is 4.33. The van der Waals surface area contributed by atoms with Crippen molar-refractivity contribution in [2.24, 2.45) is 0 Å². The number of carbonyl (C=O) groups excluding carboxylic acids is 1. The summed E-state index contributed by atoms with van der Waals surface area (Å²) in [4.78, 5) is 15.0. The lowest BCUT2D eigenvalue weighted by molar-refractivity contribution is 0.0950. The molecule has 3 aromatic carbocycles. The van der Waals surface area contributed by atoms with Crippen LogP contribution in [0.4, 0.5) is 4.39 Å². The number of rotatable bonds is 8. The van der Waals surface area contributed by atoms with Crippen molar-refractivity contribution in [2.45, 2.75) is 46.8 Å². The molecule has 5 nitrogen and oxygen atoms in total. The van der Waals surface area contributed by atoms with Gasteiger partial charge in [-0.05, 0) is 66.9 Å². The van der Waals surface area contributed by atoms with E-state index in [1.165, 1.54) is 11.6 Å². The van der Waals surface area contributed by atoms with Crippen LogP contribution in [0.3, 0.4) is 0 Å². The van der Waals surface area contributed by atoms with Crippen molar-refractivity contribution >= 4 is 5.91 Å². The van der Waals surface area contributed by atoms with Crippen molar-refractivity contribution in [3.05, 3.63) is 89.2 Å². The second kappa shape index (κ2) is 13.8. The highest BCUT2D eigenvalue weighted by atomic mass is 19.1. The predicted octanol–water partition coefficient (Wildman–Crippen LogP) is 5.64. The third-order valence-electron chi connectivity index (χ3n) is 5.99. The summed E-state index contributed by atoms with van der Waals surface area (Å²) in [6, 6.07) is 20.6. The summed E-state index contributed by atoms with van der Waals surface area (Å²) in [6.07, 6.45) is 0. The van der Waals surface area contributed by atoms with E-state index in [-0.39, 0.29) is 11.7 Å². The van der Waals surface area contributed by atoms with Crippen LogP contribution in [0.25, 0.3) is 11.1 Å². The maximum absolute atomic E-state index is 14.8. The van der Waals surface area contributed by atoms with Gasteiger partial charge in [0.1, 0.15) is 11.6 Å². The van der Waals surface area contributed by atoms with Gasteiger partial charge in [-0.1, -0.05) is 44.2 Å². The number of amides is 1. The van der Waals surface area contributed by atoms with E-state index < -0.39 is 0 Å². The van der Waals surface area contributed by atoms with Crippen LogP contribution in [0.15, 0.2) is 66.7 Å². The second-order valence-corrected chi connectivity index (χ2v) is 8.75. The molecule has 1 aliphatic heterocycles. The molecule has 0 spiro atoms. The van der Waals surface area contributed by atoms with Crippen LogP contribution in [0.5, 0.6) is 5.75 Å². The van der Waals surface area contributed by atoms with Crippen molar-refractivity contribution < 1.29 is 13.9 Å². The molecule has 1 fully saturated rings. The third-order valence-corrected chi connectivity index (χ3v) is 5.99. The molecule has 192 valence electrons. The largest absolute Gasteiger partial charge is 0.494 e. The quantitative estimate of drug-likeness (QED) is 0.428. The van der Waals surface area contributed by atoms with Gasteiger partial charge >= 0.3 is 0 Å². The van der Waals surface area contributed by atoms with Gasteiger partial charge in [0.15, 0.2) is 0 Å². The van der Waals surface area contributed by atoms with Crippen LogP contribution in [-0.4, -0.2) is 43.1 Å². The van der Waals surface area contributed by atoms with Gasteiger partial charge in [-0.2, -0.15) is 0 Å². The first-order valence-electron chi connectivity index (χ1n) is 12.9. The summed E-state index contributed by atoms with van der Waals surface area (Å²) in [5.41, 5.74) is 3.92. The molecule has 0 bridgehead atoms. The van der Waals surface area contributed by atoms with Crippen LogP contribution in [0, 0.1) is 5.82 Å². The molecule has 2 N–H and O–H groups in total. The van der Waals surface area contributed by atoms with Crippen molar-refractivity contribution in [1.82, 2.24) is 15.5 Å². The SMILES string of the molecule is CC.CCOc1cccc(C(=O)NCc2ccc(F)c(-c3cccc(CN4CCNC(C)C4)c3)c2)c1.